The average Bonchev–Trinajstić information content (AvgIpc) is 3.46. The Bertz CT molecular complexity index is 1010. The summed E-state index contributed by atoms with van der Waals surface area (Å²) in [7, 11) is 2.14. The lowest BCUT2D eigenvalue weighted by Crippen LogP contribution is -2.46. The minimum Gasteiger partial charge on any atom is -0.374 e. The largest absolute Gasteiger partial charge is 0.374 e. The second-order valence-corrected chi connectivity index (χ2v) is 11.3. The number of benzene rings is 1. The standard InChI is InChI=1S/C29H41N3O5/c1-3-36-24-16-32(26-23(33)17-37-27(24)26)29(35)25(19-7-5-4-6-8-19)22-15-20(9-10-21(22)28(30)34)18-11-13-31(2)14-12-18/h9-10,15,18-19,24-27H,3-8,11-14,16-17H2,1-2H3,(H2,30,34)/t24-,25-,26+,27+/m0/s1. The summed E-state index contributed by atoms with van der Waals surface area (Å²) in [6, 6.07) is 5.32. The van der Waals surface area contributed by atoms with Crippen molar-refractivity contribution in [3.8, 4) is 0 Å². The third-order valence-electron chi connectivity index (χ3n) is 9.06. The highest BCUT2D eigenvalue weighted by atomic mass is 16.6. The number of piperidine rings is 1. The molecule has 5 rings (SSSR count). The second kappa shape index (κ2) is 11.2. The van der Waals surface area contributed by atoms with E-state index in [4.69, 9.17) is 15.2 Å². The van der Waals surface area contributed by atoms with Crippen LogP contribution >= 0.6 is 0 Å². The summed E-state index contributed by atoms with van der Waals surface area (Å²) >= 11 is 0. The van der Waals surface area contributed by atoms with Crippen LogP contribution in [0.4, 0.5) is 0 Å². The number of ether oxygens (including phenoxy) is 2. The van der Waals surface area contributed by atoms with Crippen LogP contribution in [0.25, 0.3) is 0 Å². The molecule has 1 aromatic rings. The molecule has 202 valence electrons. The molecule has 1 aliphatic carbocycles. The van der Waals surface area contributed by atoms with Crippen LogP contribution in [-0.2, 0) is 19.1 Å². The van der Waals surface area contributed by atoms with Crippen molar-refractivity contribution in [2.75, 3.05) is 39.9 Å². The lowest BCUT2D eigenvalue weighted by atomic mass is 9.73. The molecule has 8 nitrogen and oxygen atoms in total. The topological polar surface area (TPSA) is 102 Å². The van der Waals surface area contributed by atoms with Crippen molar-refractivity contribution in [1.82, 2.24) is 9.80 Å². The number of likely N-dealkylation sites (tertiary alicyclic amines) is 2. The summed E-state index contributed by atoms with van der Waals surface area (Å²) in [5, 5.41) is 0. The fraction of sp³-hybridized carbons (Fsp3) is 0.690. The van der Waals surface area contributed by atoms with E-state index in [1.807, 2.05) is 19.1 Å². The van der Waals surface area contributed by atoms with Crippen molar-refractivity contribution in [2.24, 2.45) is 11.7 Å². The van der Waals surface area contributed by atoms with Crippen LogP contribution in [0.2, 0.25) is 0 Å². The van der Waals surface area contributed by atoms with Crippen molar-refractivity contribution in [3.05, 3.63) is 34.9 Å². The maximum atomic E-state index is 14.5. The molecule has 4 atom stereocenters. The maximum absolute atomic E-state index is 14.5. The van der Waals surface area contributed by atoms with Gasteiger partial charge in [0, 0.05) is 12.2 Å². The highest BCUT2D eigenvalue weighted by molar-refractivity contribution is 5.99. The third-order valence-corrected chi connectivity index (χ3v) is 9.06. The van der Waals surface area contributed by atoms with Crippen LogP contribution in [0.15, 0.2) is 18.2 Å². The number of hydrogen-bond donors (Lipinski definition) is 1. The van der Waals surface area contributed by atoms with E-state index in [1.54, 1.807) is 4.90 Å². The number of primary amides is 1. The second-order valence-electron chi connectivity index (χ2n) is 11.3. The van der Waals surface area contributed by atoms with Gasteiger partial charge in [0.05, 0.1) is 12.5 Å². The Kier molecular flexibility index (Phi) is 7.98. The van der Waals surface area contributed by atoms with Crippen LogP contribution in [-0.4, -0.2) is 85.5 Å². The van der Waals surface area contributed by atoms with Gasteiger partial charge >= 0.3 is 0 Å². The number of amides is 2. The van der Waals surface area contributed by atoms with Crippen LogP contribution in [0.5, 0.6) is 0 Å². The van der Waals surface area contributed by atoms with E-state index in [1.165, 1.54) is 5.56 Å². The van der Waals surface area contributed by atoms with Crippen molar-refractivity contribution in [3.63, 3.8) is 0 Å². The number of hydrogen-bond acceptors (Lipinski definition) is 6. The van der Waals surface area contributed by atoms with Gasteiger partial charge in [-0.3, -0.25) is 14.4 Å². The van der Waals surface area contributed by atoms with E-state index in [-0.39, 0.29) is 30.3 Å². The molecule has 3 heterocycles. The minimum absolute atomic E-state index is 0.00886. The zero-order chi connectivity index (χ0) is 26.1. The first-order valence-electron chi connectivity index (χ1n) is 14.1. The van der Waals surface area contributed by atoms with E-state index in [2.05, 4.69) is 18.0 Å². The monoisotopic (exact) mass is 511 g/mol. The molecular formula is C29H41N3O5. The van der Waals surface area contributed by atoms with Gasteiger partial charge in [0.2, 0.25) is 11.8 Å². The lowest BCUT2D eigenvalue weighted by molar-refractivity contribution is -0.139. The number of carbonyl (C=O) groups excluding carboxylic acids is 3. The molecule has 0 bridgehead atoms. The first kappa shape index (κ1) is 26.3. The van der Waals surface area contributed by atoms with Gasteiger partial charge in [-0.2, -0.15) is 0 Å². The predicted octanol–water partition coefficient (Wildman–Crippen LogP) is 2.84. The van der Waals surface area contributed by atoms with Crippen LogP contribution in [0.1, 0.15) is 85.2 Å². The molecule has 4 fully saturated rings. The Morgan fingerprint density at radius 2 is 1.86 bits per heavy atom. The Morgan fingerprint density at radius 1 is 1.14 bits per heavy atom. The molecule has 3 saturated heterocycles. The summed E-state index contributed by atoms with van der Waals surface area (Å²) in [5.41, 5.74) is 8.22. The van der Waals surface area contributed by atoms with Crippen molar-refractivity contribution in [2.45, 2.75) is 82.0 Å². The zero-order valence-corrected chi connectivity index (χ0v) is 22.2. The third kappa shape index (κ3) is 5.20. The molecule has 3 aliphatic heterocycles. The predicted molar refractivity (Wildman–Crippen MR) is 139 cm³/mol. The number of Topliss-reactive ketones (excluding diaryl/α,β-unsaturated/α-hetero) is 1. The van der Waals surface area contributed by atoms with Gasteiger partial charge in [0.1, 0.15) is 24.9 Å². The van der Waals surface area contributed by atoms with E-state index >= 15 is 0 Å². The smallest absolute Gasteiger partial charge is 0.249 e. The normalized spacial score (nSPS) is 28.4. The van der Waals surface area contributed by atoms with Crippen molar-refractivity contribution >= 4 is 17.6 Å². The van der Waals surface area contributed by atoms with Crippen LogP contribution in [0.3, 0.4) is 0 Å². The average molecular weight is 512 g/mol. The Morgan fingerprint density at radius 3 is 2.54 bits per heavy atom. The Hall–Kier alpha value is -2.29. The Balaban J connectivity index is 1.54. The molecule has 37 heavy (non-hydrogen) atoms. The number of carbonyl (C=O) groups is 3. The van der Waals surface area contributed by atoms with E-state index < -0.39 is 24.0 Å². The summed E-state index contributed by atoms with van der Waals surface area (Å²) < 4.78 is 11.7. The Labute approximate surface area is 219 Å². The molecular weight excluding hydrogens is 470 g/mol. The fourth-order valence-corrected chi connectivity index (χ4v) is 7.09. The van der Waals surface area contributed by atoms with E-state index in [0.717, 1.165) is 63.6 Å². The van der Waals surface area contributed by atoms with E-state index in [0.29, 0.717) is 24.6 Å². The van der Waals surface area contributed by atoms with Gasteiger partial charge in [-0.05, 0) is 81.8 Å². The number of fused-ring (bicyclic) bond motifs is 1. The van der Waals surface area contributed by atoms with Gasteiger partial charge < -0.3 is 25.0 Å². The summed E-state index contributed by atoms with van der Waals surface area (Å²) in [6.07, 6.45) is 6.47. The maximum Gasteiger partial charge on any atom is 0.249 e. The molecule has 0 radical (unpaired) electrons. The molecule has 0 spiro atoms. The lowest BCUT2D eigenvalue weighted by Gasteiger charge is -2.35. The summed E-state index contributed by atoms with van der Waals surface area (Å²) in [6.45, 7) is 4.80. The molecule has 1 saturated carbocycles. The quantitative estimate of drug-likeness (QED) is 0.604. The number of rotatable bonds is 7. The van der Waals surface area contributed by atoms with Gasteiger partial charge in [-0.25, -0.2) is 0 Å². The summed E-state index contributed by atoms with van der Waals surface area (Å²) in [4.78, 5) is 44.0. The van der Waals surface area contributed by atoms with E-state index in [9.17, 15) is 14.4 Å². The molecule has 4 aliphatic rings. The molecule has 0 aromatic heterocycles. The molecule has 8 heteroatoms. The van der Waals surface area contributed by atoms with Crippen molar-refractivity contribution < 1.29 is 23.9 Å². The van der Waals surface area contributed by atoms with Gasteiger partial charge in [0.15, 0.2) is 5.78 Å². The molecule has 1 aromatic carbocycles. The first-order valence-corrected chi connectivity index (χ1v) is 14.1. The summed E-state index contributed by atoms with van der Waals surface area (Å²) in [5.74, 6) is -0.686. The molecule has 2 amide bonds. The van der Waals surface area contributed by atoms with Gasteiger partial charge in [-0.1, -0.05) is 31.4 Å². The number of nitrogens with two attached hydrogens (primary N) is 1. The van der Waals surface area contributed by atoms with Crippen LogP contribution < -0.4 is 5.73 Å². The highest BCUT2D eigenvalue weighted by Crippen LogP contribution is 2.42. The SMILES string of the molecule is CCO[C@H]1CN(C(=O)[C@H](c2cc(C3CCN(C)CC3)ccc2C(N)=O)C2CCCCC2)[C@@H]2C(=O)CO[C@H]12. The fourth-order valence-electron chi connectivity index (χ4n) is 7.09. The zero-order valence-electron chi connectivity index (χ0n) is 22.2. The van der Waals surface area contributed by atoms with Gasteiger partial charge in [0.25, 0.3) is 0 Å². The van der Waals surface area contributed by atoms with Crippen LogP contribution in [0, 0.1) is 5.92 Å². The molecule has 2 N–H and O–H groups in total. The molecule has 0 unspecified atom stereocenters. The highest BCUT2D eigenvalue weighted by Gasteiger charge is 2.54. The number of nitrogens with zero attached hydrogens (tertiary/aromatic N) is 2. The first-order chi connectivity index (χ1) is 17.9. The van der Waals surface area contributed by atoms with Crippen molar-refractivity contribution in [1.29, 1.82) is 0 Å². The van der Waals surface area contributed by atoms with Gasteiger partial charge in [-0.15, -0.1) is 0 Å². The minimum atomic E-state index is -0.621. The number of ketones is 1.